The van der Waals surface area contributed by atoms with E-state index in [1.165, 1.54) is 29.5 Å². The highest BCUT2D eigenvalue weighted by Gasteiger charge is 2.35. The minimum Gasteiger partial charge on any atom is -0.485 e. The summed E-state index contributed by atoms with van der Waals surface area (Å²) in [5, 5.41) is 11.0. The third kappa shape index (κ3) is 5.29. The Labute approximate surface area is 203 Å². The second-order valence-electron chi connectivity index (χ2n) is 10.8. The van der Waals surface area contributed by atoms with Crippen LogP contribution in [0.4, 0.5) is 0 Å². The summed E-state index contributed by atoms with van der Waals surface area (Å²) in [4.78, 5) is 20.0. The molecule has 34 heavy (non-hydrogen) atoms. The van der Waals surface area contributed by atoms with Crippen molar-refractivity contribution in [3.63, 3.8) is 0 Å². The minimum absolute atomic E-state index is 0.0589. The monoisotopic (exact) mass is 463 g/mol. The number of benzene rings is 2. The number of carbonyl (C=O) groups excluding carboxylic acids is 1. The van der Waals surface area contributed by atoms with Crippen LogP contribution in [0.2, 0.25) is 0 Å². The Morgan fingerprint density at radius 3 is 2.56 bits per heavy atom. The van der Waals surface area contributed by atoms with Crippen molar-refractivity contribution in [2.24, 2.45) is 0 Å². The van der Waals surface area contributed by atoms with Crippen molar-refractivity contribution in [2.45, 2.75) is 57.9 Å². The molecule has 3 heterocycles. The summed E-state index contributed by atoms with van der Waals surface area (Å²) >= 11 is 0. The van der Waals surface area contributed by atoms with Crippen molar-refractivity contribution in [3.8, 4) is 5.75 Å². The van der Waals surface area contributed by atoms with Gasteiger partial charge in [-0.2, -0.15) is 0 Å². The molecule has 1 amide bonds. The molecule has 6 heteroatoms. The molecule has 1 N–H and O–H groups in total. The Morgan fingerprint density at radius 1 is 1.00 bits per heavy atom. The Balaban J connectivity index is 1.26. The lowest BCUT2D eigenvalue weighted by Crippen LogP contribution is -2.48. The van der Waals surface area contributed by atoms with E-state index in [-0.39, 0.29) is 5.91 Å². The Morgan fingerprint density at radius 2 is 1.76 bits per heavy atom. The fourth-order valence-electron chi connectivity index (χ4n) is 5.62. The number of β-amino-alcohol motifs (C(OH)–C–C–N with tert-alkyl or cyclic N) is 1. The summed E-state index contributed by atoms with van der Waals surface area (Å²) in [7, 11) is 0. The van der Waals surface area contributed by atoms with E-state index in [9.17, 15) is 9.90 Å². The average Bonchev–Trinajstić information content (AvgIpc) is 3.28. The Kier molecular flexibility index (Phi) is 6.65. The summed E-state index contributed by atoms with van der Waals surface area (Å²) in [5.74, 6) is 0.604. The lowest BCUT2D eigenvalue weighted by molar-refractivity contribution is 0.0287. The molecule has 1 fully saturated rings. The van der Waals surface area contributed by atoms with Gasteiger partial charge in [0.15, 0.2) is 0 Å². The minimum atomic E-state index is -0.610. The molecule has 6 nitrogen and oxygen atoms in total. The number of aliphatic hydroxyl groups excluding tert-OH is 1. The van der Waals surface area contributed by atoms with Gasteiger partial charge in [-0.15, -0.1) is 0 Å². The molecule has 0 aromatic heterocycles. The van der Waals surface area contributed by atoms with Gasteiger partial charge in [0.1, 0.15) is 11.4 Å². The van der Waals surface area contributed by atoms with Crippen LogP contribution in [0.15, 0.2) is 42.5 Å². The Hall–Kier alpha value is -2.41. The molecule has 3 aliphatic heterocycles. The van der Waals surface area contributed by atoms with Crippen molar-refractivity contribution >= 4 is 5.91 Å². The smallest absolute Gasteiger partial charge is 0.257 e. The molecule has 2 aromatic carbocycles. The van der Waals surface area contributed by atoms with Crippen LogP contribution in [0, 0.1) is 0 Å². The standard InChI is InChI=1S/C28H37N3O3/c1-28(2)20-31(19-24(32)18-30-14-11-22-7-3-4-8-23(22)17-30)27(33)25-10-9-21(15-26(25)34-28)16-29-12-5-6-13-29/h3-4,7-10,15,24,32H,5-6,11-14,16-20H2,1-2H3. The molecule has 0 radical (unpaired) electrons. The van der Waals surface area contributed by atoms with Gasteiger partial charge in [0, 0.05) is 32.7 Å². The van der Waals surface area contributed by atoms with E-state index in [0.29, 0.717) is 30.9 Å². The van der Waals surface area contributed by atoms with Crippen LogP contribution in [0.3, 0.4) is 0 Å². The number of aliphatic hydroxyl groups is 1. The van der Waals surface area contributed by atoms with Gasteiger partial charge in [0.2, 0.25) is 0 Å². The van der Waals surface area contributed by atoms with Crippen LogP contribution in [0.1, 0.15) is 53.7 Å². The number of hydrogen-bond acceptors (Lipinski definition) is 5. The van der Waals surface area contributed by atoms with Crippen LogP contribution < -0.4 is 4.74 Å². The van der Waals surface area contributed by atoms with Crippen LogP contribution in [-0.2, 0) is 19.5 Å². The van der Waals surface area contributed by atoms with Crippen LogP contribution in [0.25, 0.3) is 0 Å². The fourth-order valence-corrected chi connectivity index (χ4v) is 5.62. The van der Waals surface area contributed by atoms with Gasteiger partial charge in [-0.05, 0) is 75.0 Å². The molecule has 182 valence electrons. The van der Waals surface area contributed by atoms with Gasteiger partial charge >= 0.3 is 0 Å². The summed E-state index contributed by atoms with van der Waals surface area (Å²) in [6, 6.07) is 14.5. The summed E-state index contributed by atoms with van der Waals surface area (Å²) in [5.41, 5.74) is 3.98. The van der Waals surface area contributed by atoms with Gasteiger partial charge in [-0.25, -0.2) is 0 Å². The topological polar surface area (TPSA) is 56.2 Å². The summed E-state index contributed by atoms with van der Waals surface area (Å²) in [6.45, 7) is 10.3. The van der Waals surface area contributed by atoms with Crippen LogP contribution >= 0.6 is 0 Å². The van der Waals surface area contributed by atoms with Gasteiger partial charge in [0.05, 0.1) is 18.2 Å². The molecule has 2 aromatic rings. The second-order valence-corrected chi connectivity index (χ2v) is 10.8. The van der Waals surface area contributed by atoms with Crippen LogP contribution in [0.5, 0.6) is 5.75 Å². The van der Waals surface area contributed by atoms with Crippen molar-refractivity contribution in [1.29, 1.82) is 0 Å². The number of carbonyl (C=O) groups is 1. The van der Waals surface area contributed by atoms with Crippen molar-refractivity contribution in [3.05, 3.63) is 64.7 Å². The maximum atomic E-state index is 13.5. The largest absolute Gasteiger partial charge is 0.485 e. The number of rotatable bonds is 6. The highest BCUT2D eigenvalue weighted by atomic mass is 16.5. The molecular weight excluding hydrogens is 426 g/mol. The van der Waals surface area contributed by atoms with Gasteiger partial charge in [-0.1, -0.05) is 30.3 Å². The highest BCUT2D eigenvalue weighted by Crippen LogP contribution is 2.31. The number of hydrogen-bond donors (Lipinski definition) is 1. The van der Waals surface area contributed by atoms with Gasteiger partial charge in [-0.3, -0.25) is 14.6 Å². The quantitative estimate of drug-likeness (QED) is 0.712. The predicted molar refractivity (Wildman–Crippen MR) is 133 cm³/mol. The molecule has 5 rings (SSSR count). The van der Waals surface area contributed by atoms with Crippen molar-refractivity contribution in [1.82, 2.24) is 14.7 Å². The van der Waals surface area contributed by atoms with Crippen molar-refractivity contribution in [2.75, 3.05) is 39.3 Å². The fraction of sp³-hybridized carbons (Fsp3) is 0.536. The molecule has 1 saturated heterocycles. The lowest BCUT2D eigenvalue weighted by atomic mass is 9.99. The molecule has 0 aliphatic carbocycles. The number of nitrogens with zero attached hydrogens (tertiary/aromatic N) is 3. The molecule has 0 spiro atoms. The van der Waals surface area contributed by atoms with Gasteiger partial charge in [0.25, 0.3) is 5.91 Å². The van der Waals surface area contributed by atoms with E-state index in [4.69, 9.17) is 4.74 Å². The maximum Gasteiger partial charge on any atom is 0.257 e. The highest BCUT2D eigenvalue weighted by molar-refractivity contribution is 5.97. The average molecular weight is 464 g/mol. The third-order valence-electron chi connectivity index (χ3n) is 7.24. The first-order chi connectivity index (χ1) is 16.4. The predicted octanol–water partition coefficient (Wildman–Crippen LogP) is 3.31. The molecule has 0 saturated carbocycles. The van der Waals surface area contributed by atoms with E-state index >= 15 is 0 Å². The number of likely N-dealkylation sites (tertiary alicyclic amines) is 1. The Bertz CT molecular complexity index is 1030. The molecule has 3 aliphatic rings. The first-order valence-electron chi connectivity index (χ1n) is 12.7. The van der Waals surface area contributed by atoms with E-state index in [1.54, 1.807) is 4.90 Å². The zero-order chi connectivity index (χ0) is 23.7. The van der Waals surface area contributed by atoms with Crippen molar-refractivity contribution < 1.29 is 14.6 Å². The number of fused-ring (bicyclic) bond motifs is 2. The van der Waals surface area contributed by atoms with E-state index in [0.717, 1.165) is 39.1 Å². The zero-order valence-corrected chi connectivity index (χ0v) is 20.5. The zero-order valence-electron chi connectivity index (χ0n) is 20.5. The third-order valence-corrected chi connectivity index (χ3v) is 7.24. The SMILES string of the molecule is CC1(C)CN(CC(O)CN2CCc3ccccc3C2)C(=O)c2ccc(CN3CCCC3)cc2O1. The first-order valence-corrected chi connectivity index (χ1v) is 12.7. The van der Waals surface area contributed by atoms with Gasteiger partial charge < -0.3 is 14.7 Å². The van der Waals surface area contributed by atoms with E-state index in [2.05, 4.69) is 40.1 Å². The van der Waals surface area contributed by atoms with E-state index < -0.39 is 11.7 Å². The summed E-state index contributed by atoms with van der Waals surface area (Å²) < 4.78 is 6.35. The summed E-state index contributed by atoms with van der Waals surface area (Å²) in [6.07, 6.45) is 2.91. The molecule has 1 atom stereocenters. The van der Waals surface area contributed by atoms with E-state index in [1.807, 2.05) is 26.0 Å². The number of ether oxygens (including phenoxy) is 1. The molecule has 0 bridgehead atoms. The number of amides is 1. The second kappa shape index (κ2) is 9.68. The lowest BCUT2D eigenvalue weighted by Gasteiger charge is -2.33. The van der Waals surface area contributed by atoms with Crippen LogP contribution in [-0.4, -0.2) is 76.7 Å². The molecule has 1 unspecified atom stereocenters. The normalized spacial score (nSPS) is 21.5. The molecular formula is C28H37N3O3. The maximum absolute atomic E-state index is 13.5. The first kappa shape index (κ1) is 23.3.